The van der Waals surface area contributed by atoms with E-state index in [0.717, 1.165) is 31.5 Å². The van der Waals surface area contributed by atoms with E-state index in [2.05, 4.69) is 88.9 Å². The summed E-state index contributed by atoms with van der Waals surface area (Å²) < 4.78 is 8.96. The number of rotatable bonds is 5. The van der Waals surface area contributed by atoms with Gasteiger partial charge >= 0.3 is 0 Å². The van der Waals surface area contributed by atoms with Crippen molar-refractivity contribution in [1.29, 1.82) is 0 Å². The normalized spacial score (nSPS) is 21.8. The summed E-state index contributed by atoms with van der Waals surface area (Å²) in [6, 6.07) is 8.97. The molecule has 6 heteroatoms. The topological polar surface area (TPSA) is 39.1 Å². The van der Waals surface area contributed by atoms with Gasteiger partial charge in [-0.25, -0.2) is 4.68 Å². The van der Waals surface area contributed by atoms with Crippen LogP contribution in [0.15, 0.2) is 29.2 Å². The Morgan fingerprint density at radius 3 is 2.58 bits per heavy atom. The van der Waals surface area contributed by atoms with Gasteiger partial charge in [-0.15, -0.1) is 11.8 Å². The Morgan fingerprint density at radius 1 is 1.12 bits per heavy atom. The van der Waals surface area contributed by atoms with Gasteiger partial charge in [0.1, 0.15) is 5.82 Å². The van der Waals surface area contributed by atoms with Crippen LogP contribution >= 0.6 is 11.8 Å². The second-order valence-electron chi connectivity index (χ2n) is 12.4. The fourth-order valence-electron chi connectivity index (χ4n) is 4.75. The quantitative estimate of drug-likeness (QED) is 0.434. The van der Waals surface area contributed by atoms with Gasteiger partial charge in [0.2, 0.25) is 0 Å². The Hall–Kier alpha value is -1.24. The molecule has 2 heterocycles. The van der Waals surface area contributed by atoms with Crippen LogP contribution in [0, 0.1) is 0 Å². The maximum atomic E-state index is 6.76. The number of nitrogens with zero attached hydrogens (tertiary/aromatic N) is 2. The monoisotopic (exact) mass is 485 g/mol. The molecule has 182 valence electrons. The average molecular weight is 486 g/mol. The smallest absolute Gasteiger partial charge is 0.192 e. The minimum absolute atomic E-state index is 0.0835. The van der Waals surface area contributed by atoms with Crippen molar-refractivity contribution in [2.75, 3.05) is 11.1 Å². The minimum Gasteiger partial charge on any atom is -0.414 e. The molecule has 0 saturated heterocycles. The molecule has 2 aromatic rings. The number of anilines is 2. The average Bonchev–Trinajstić information content (AvgIpc) is 3.34. The van der Waals surface area contributed by atoms with E-state index in [1.165, 1.54) is 34.0 Å². The molecule has 1 N–H and O–H groups in total. The number of nitrogens with one attached hydrogen (secondary N) is 1. The zero-order valence-corrected chi connectivity index (χ0v) is 23.7. The highest BCUT2D eigenvalue weighted by Crippen LogP contribution is 2.43. The molecular formula is C27H43N3OSSi. The third-order valence-electron chi connectivity index (χ3n) is 7.66. The summed E-state index contributed by atoms with van der Waals surface area (Å²) in [4.78, 5) is 1.43. The number of hydrogen-bond donors (Lipinski definition) is 1. The van der Waals surface area contributed by atoms with Crippen molar-refractivity contribution in [3.8, 4) is 0 Å². The molecule has 0 radical (unpaired) electrons. The lowest BCUT2D eigenvalue weighted by Gasteiger charge is -2.38. The molecule has 33 heavy (non-hydrogen) atoms. The second-order valence-corrected chi connectivity index (χ2v) is 18.3. The number of aromatic nitrogens is 2. The molecule has 1 saturated carbocycles. The van der Waals surface area contributed by atoms with Crippen molar-refractivity contribution in [3.63, 3.8) is 0 Å². The first-order valence-corrected chi connectivity index (χ1v) is 16.5. The lowest BCUT2D eigenvalue weighted by molar-refractivity contribution is 0.186. The molecule has 1 aliphatic heterocycles. The molecule has 0 bridgehead atoms. The van der Waals surface area contributed by atoms with Crippen LogP contribution in [-0.4, -0.2) is 30.0 Å². The summed E-state index contributed by atoms with van der Waals surface area (Å²) in [5, 5.41) is 9.19. The van der Waals surface area contributed by atoms with Gasteiger partial charge in [0, 0.05) is 28.7 Å². The molecule has 1 aliphatic carbocycles. The maximum absolute atomic E-state index is 6.76. The Morgan fingerprint density at radius 2 is 1.88 bits per heavy atom. The van der Waals surface area contributed by atoms with E-state index in [1.54, 1.807) is 0 Å². The minimum atomic E-state index is -1.74. The highest BCUT2D eigenvalue weighted by atomic mass is 32.2. The lowest BCUT2D eigenvalue weighted by atomic mass is 10.0. The molecule has 0 amide bonds. The van der Waals surface area contributed by atoms with E-state index in [1.807, 2.05) is 11.8 Å². The Bertz CT molecular complexity index is 986. The molecular weight excluding hydrogens is 442 g/mol. The maximum Gasteiger partial charge on any atom is 0.192 e. The molecule has 1 fully saturated rings. The fourth-order valence-corrected chi connectivity index (χ4v) is 7.22. The predicted octanol–water partition coefficient (Wildman–Crippen LogP) is 8.08. The summed E-state index contributed by atoms with van der Waals surface area (Å²) in [6.45, 7) is 18.4. The Kier molecular flexibility index (Phi) is 6.84. The molecule has 1 aromatic carbocycles. The van der Waals surface area contributed by atoms with Gasteiger partial charge in [-0.3, -0.25) is 0 Å². The van der Waals surface area contributed by atoms with Crippen LogP contribution in [0.5, 0.6) is 0 Å². The third kappa shape index (κ3) is 5.38. The van der Waals surface area contributed by atoms with E-state index in [9.17, 15) is 0 Å². The second kappa shape index (κ2) is 9.08. The van der Waals surface area contributed by atoms with Crippen molar-refractivity contribution < 1.29 is 4.43 Å². The highest BCUT2D eigenvalue weighted by molar-refractivity contribution is 7.99. The van der Waals surface area contributed by atoms with E-state index >= 15 is 0 Å². The van der Waals surface area contributed by atoms with Gasteiger partial charge < -0.3 is 9.74 Å². The fraction of sp³-hybridized carbons (Fsp3) is 0.667. The first-order valence-electron chi connectivity index (χ1n) is 12.7. The van der Waals surface area contributed by atoms with E-state index < -0.39 is 8.32 Å². The SMILES string of the molecule is CC(C)(C)n1nc([C@H]2CC[C@@H](O[Si](C)(C)C(C)(C)C)C2)cc1Nc1cccc2c1CCCS2. The predicted molar refractivity (Wildman–Crippen MR) is 145 cm³/mol. The highest BCUT2D eigenvalue weighted by Gasteiger charge is 2.41. The van der Waals surface area contributed by atoms with Crippen LogP contribution in [0.2, 0.25) is 18.1 Å². The zero-order chi connectivity index (χ0) is 24.0. The van der Waals surface area contributed by atoms with Gasteiger partial charge in [0.25, 0.3) is 0 Å². The standard InChI is InChI=1S/C27H43N3OSSi/c1-26(2,3)30-25(28-22-12-9-13-24-21(22)11-10-16-32-24)18-23(29-30)19-14-15-20(17-19)31-33(7,8)27(4,5)6/h9,12-13,18-20,28H,10-11,14-17H2,1-8H3/t19-,20+/m0/s1. The van der Waals surface area contributed by atoms with Crippen molar-refractivity contribution in [1.82, 2.24) is 9.78 Å². The number of benzene rings is 1. The molecule has 2 aliphatic rings. The number of thioether (sulfide) groups is 1. The largest absolute Gasteiger partial charge is 0.414 e. The molecule has 1 aromatic heterocycles. The van der Waals surface area contributed by atoms with Crippen LogP contribution in [0.4, 0.5) is 11.5 Å². The van der Waals surface area contributed by atoms with Gasteiger partial charge in [-0.2, -0.15) is 5.10 Å². The molecule has 2 atom stereocenters. The van der Waals surface area contributed by atoms with Crippen LogP contribution in [0.3, 0.4) is 0 Å². The van der Waals surface area contributed by atoms with Crippen LogP contribution in [0.25, 0.3) is 0 Å². The van der Waals surface area contributed by atoms with E-state index in [-0.39, 0.29) is 10.6 Å². The zero-order valence-electron chi connectivity index (χ0n) is 21.9. The van der Waals surface area contributed by atoms with E-state index in [0.29, 0.717) is 12.0 Å². The van der Waals surface area contributed by atoms with Gasteiger partial charge in [-0.05, 0) is 94.5 Å². The number of fused-ring (bicyclic) bond motifs is 1. The summed E-state index contributed by atoms with van der Waals surface area (Å²) in [5.41, 5.74) is 3.83. The van der Waals surface area contributed by atoms with Crippen LogP contribution < -0.4 is 5.32 Å². The molecule has 4 rings (SSSR count). The van der Waals surface area contributed by atoms with Crippen molar-refractivity contribution in [2.24, 2.45) is 0 Å². The summed E-state index contributed by atoms with van der Waals surface area (Å²) in [7, 11) is -1.74. The Labute approximate surface area is 206 Å². The van der Waals surface area contributed by atoms with Crippen LogP contribution in [0.1, 0.15) is 84.4 Å². The lowest BCUT2D eigenvalue weighted by Crippen LogP contribution is -2.43. The molecule has 4 nitrogen and oxygen atoms in total. The van der Waals surface area contributed by atoms with Gasteiger partial charge in [-0.1, -0.05) is 26.8 Å². The number of hydrogen-bond acceptors (Lipinski definition) is 4. The summed E-state index contributed by atoms with van der Waals surface area (Å²) >= 11 is 1.98. The van der Waals surface area contributed by atoms with Crippen molar-refractivity contribution >= 4 is 31.6 Å². The van der Waals surface area contributed by atoms with Gasteiger partial charge in [0.15, 0.2) is 8.32 Å². The third-order valence-corrected chi connectivity index (χ3v) is 13.4. The van der Waals surface area contributed by atoms with E-state index in [4.69, 9.17) is 9.52 Å². The van der Waals surface area contributed by atoms with Crippen molar-refractivity contribution in [2.45, 2.75) is 114 Å². The van der Waals surface area contributed by atoms with Crippen molar-refractivity contribution in [3.05, 3.63) is 35.5 Å². The van der Waals surface area contributed by atoms with Gasteiger partial charge in [0.05, 0.1) is 11.2 Å². The first-order chi connectivity index (χ1) is 15.3. The molecule has 0 spiro atoms. The molecule has 0 unspecified atom stereocenters. The van der Waals surface area contributed by atoms with Crippen LogP contribution in [-0.2, 0) is 16.4 Å². The Balaban J connectivity index is 1.56. The summed E-state index contributed by atoms with van der Waals surface area (Å²) in [6.07, 6.45) is 6.16. The summed E-state index contributed by atoms with van der Waals surface area (Å²) in [5.74, 6) is 2.81. The first kappa shape index (κ1) is 24.9.